The fourth-order valence-electron chi connectivity index (χ4n) is 3.01. The molecule has 0 fully saturated rings. The molecule has 132 valence electrons. The first-order valence-corrected chi connectivity index (χ1v) is 8.60. The third-order valence-electron chi connectivity index (χ3n) is 4.13. The lowest BCUT2D eigenvalue weighted by Crippen LogP contribution is -2.44. The van der Waals surface area contributed by atoms with Crippen molar-refractivity contribution in [3.63, 3.8) is 0 Å². The molecule has 1 heterocycles. The van der Waals surface area contributed by atoms with Gasteiger partial charge < -0.3 is 4.90 Å². The van der Waals surface area contributed by atoms with Crippen LogP contribution in [-0.4, -0.2) is 18.6 Å². The first kappa shape index (κ1) is 17.9. The van der Waals surface area contributed by atoms with Gasteiger partial charge in [0.2, 0.25) is 5.60 Å². The number of amides is 1. The van der Waals surface area contributed by atoms with Crippen LogP contribution < -0.4 is 4.90 Å². The highest BCUT2D eigenvalue weighted by molar-refractivity contribution is 6.30. The monoisotopic (exact) mass is 359 g/mol. The van der Waals surface area contributed by atoms with Crippen LogP contribution in [0.3, 0.4) is 0 Å². The molecule has 1 aliphatic heterocycles. The van der Waals surface area contributed by atoms with Crippen LogP contribution in [0.15, 0.2) is 48.5 Å². The van der Waals surface area contributed by atoms with Gasteiger partial charge in [-0.15, -0.1) is 0 Å². The molecular weight excluding hydrogens is 338 g/mol. The summed E-state index contributed by atoms with van der Waals surface area (Å²) in [4.78, 5) is 26.3. The van der Waals surface area contributed by atoms with Crippen LogP contribution in [0.2, 0.25) is 5.02 Å². The normalized spacial score (nSPS) is 20.0. The number of fused-ring (bicyclic) bond motifs is 1. The van der Waals surface area contributed by atoms with Gasteiger partial charge in [-0.2, -0.15) is 0 Å². The molecule has 5 heteroatoms. The number of hydrogen-bond acceptors (Lipinski definition) is 3. The minimum absolute atomic E-state index is 0.155. The van der Waals surface area contributed by atoms with Crippen molar-refractivity contribution in [2.75, 3.05) is 11.9 Å². The summed E-state index contributed by atoms with van der Waals surface area (Å²) >= 11 is 6.12. The summed E-state index contributed by atoms with van der Waals surface area (Å²) in [6, 6.07) is 15.1. The number of anilines is 1. The van der Waals surface area contributed by atoms with E-state index in [1.165, 1.54) is 0 Å². The van der Waals surface area contributed by atoms with E-state index in [1.54, 1.807) is 18.0 Å². The second kappa shape index (κ2) is 6.45. The average Bonchev–Trinajstić information content (AvgIpc) is 2.76. The Morgan fingerprint density at radius 2 is 1.84 bits per heavy atom. The smallest absolute Gasteiger partial charge is 0.267 e. The summed E-state index contributed by atoms with van der Waals surface area (Å²) in [7, 11) is 1.75. The number of carbonyl (C=O) groups excluding carboxylic acids is 1. The van der Waals surface area contributed by atoms with Gasteiger partial charge >= 0.3 is 0 Å². The summed E-state index contributed by atoms with van der Waals surface area (Å²) in [6.45, 7) is 5.65. The van der Waals surface area contributed by atoms with Gasteiger partial charge in [0, 0.05) is 24.1 Å². The molecule has 1 unspecified atom stereocenters. The van der Waals surface area contributed by atoms with Crippen molar-refractivity contribution in [2.45, 2.75) is 38.4 Å². The van der Waals surface area contributed by atoms with E-state index in [2.05, 4.69) is 0 Å². The number of carbonyl (C=O) groups is 1. The van der Waals surface area contributed by atoms with Crippen LogP contribution in [0.4, 0.5) is 5.69 Å². The summed E-state index contributed by atoms with van der Waals surface area (Å²) < 4.78 is 0. The van der Waals surface area contributed by atoms with Crippen molar-refractivity contribution in [3.05, 3.63) is 64.7 Å². The largest absolute Gasteiger partial charge is 0.312 e. The van der Waals surface area contributed by atoms with Gasteiger partial charge in [0.15, 0.2) is 0 Å². The van der Waals surface area contributed by atoms with Gasteiger partial charge in [-0.1, -0.05) is 41.9 Å². The number of para-hydroxylation sites is 1. The fourth-order valence-corrected chi connectivity index (χ4v) is 3.23. The molecule has 0 N–H and O–H groups in total. The van der Waals surface area contributed by atoms with Crippen LogP contribution in [0.25, 0.3) is 0 Å². The lowest BCUT2D eigenvalue weighted by molar-refractivity contribution is -0.396. The summed E-state index contributed by atoms with van der Waals surface area (Å²) in [5, 5.41) is 0.622. The zero-order chi connectivity index (χ0) is 18.2. The van der Waals surface area contributed by atoms with Gasteiger partial charge in [0.25, 0.3) is 5.91 Å². The van der Waals surface area contributed by atoms with E-state index in [0.29, 0.717) is 11.4 Å². The van der Waals surface area contributed by atoms with E-state index in [1.807, 2.05) is 63.2 Å². The van der Waals surface area contributed by atoms with Crippen LogP contribution in [-0.2, 0) is 26.6 Å². The minimum Gasteiger partial charge on any atom is -0.312 e. The Bertz CT molecular complexity index is 800. The highest BCUT2D eigenvalue weighted by Gasteiger charge is 2.53. The number of benzene rings is 2. The predicted octanol–water partition coefficient (Wildman–Crippen LogP) is 4.50. The molecule has 4 nitrogen and oxygen atoms in total. The van der Waals surface area contributed by atoms with Crippen molar-refractivity contribution in [1.82, 2.24) is 0 Å². The maximum Gasteiger partial charge on any atom is 0.267 e. The van der Waals surface area contributed by atoms with Crippen LogP contribution in [0.1, 0.15) is 31.9 Å². The molecule has 1 atom stereocenters. The number of likely N-dealkylation sites (N-methyl/N-ethyl adjacent to an activating group) is 1. The van der Waals surface area contributed by atoms with Crippen molar-refractivity contribution in [1.29, 1.82) is 0 Å². The van der Waals surface area contributed by atoms with Gasteiger partial charge in [0.05, 0.1) is 11.3 Å². The highest BCUT2D eigenvalue weighted by Crippen LogP contribution is 2.45. The maximum absolute atomic E-state index is 13.2. The number of nitrogens with zero attached hydrogens (tertiary/aromatic N) is 1. The molecular formula is C20H22ClNO3. The second-order valence-corrected chi connectivity index (χ2v) is 7.73. The average molecular weight is 360 g/mol. The molecule has 0 aromatic heterocycles. The zero-order valence-electron chi connectivity index (χ0n) is 14.9. The molecule has 2 aromatic carbocycles. The van der Waals surface area contributed by atoms with Crippen molar-refractivity contribution >= 4 is 23.2 Å². The number of hydrogen-bond donors (Lipinski definition) is 0. The Labute approximate surface area is 153 Å². The van der Waals surface area contributed by atoms with E-state index >= 15 is 0 Å². The summed E-state index contributed by atoms with van der Waals surface area (Å²) in [5.74, 6) is -0.155. The van der Waals surface area contributed by atoms with E-state index in [0.717, 1.165) is 16.8 Å². The Morgan fingerprint density at radius 3 is 2.52 bits per heavy atom. The maximum atomic E-state index is 13.2. The molecule has 0 saturated carbocycles. The molecule has 3 rings (SSSR count). The van der Waals surface area contributed by atoms with E-state index < -0.39 is 11.2 Å². The number of halogens is 1. The summed E-state index contributed by atoms with van der Waals surface area (Å²) in [6.07, 6.45) is 0.337. The van der Waals surface area contributed by atoms with E-state index in [-0.39, 0.29) is 5.91 Å². The van der Waals surface area contributed by atoms with Crippen molar-refractivity contribution in [2.24, 2.45) is 0 Å². The third-order valence-corrected chi connectivity index (χ3v) is 4.36. The Kier molecular flexibility index (Phi) is 4.62. The first-order valence-electron chi connectivity index (χ1n) is 8.22. The Morgan fingerprint density at radius 1 is 1.12 bits per heavy atom. The quantitative estimate of drug-likeness (QED) is 0.596. The zero-order valence-corrected chi connectivity index (χ0v) is 15.6. The summed E-state index contributed by atoms with van der Waals surface area (Å²) in [5.41, 5.74) is 0.753. The molecule has 2 aromatic rings. The minimum atomic E-state index is -1.23. The van der Waals surface area contributed by atoms with E-state index in [4.69, 9.17) is 21.4 Å². The predicted molar refractivity (Wildman–Crippen MR) is 98.6 cm³/mol. The van der Waals surface area contributed by atoms with Gasteiger partial charge in [-0.25, -0.2) is 9.78 Å². The van der Waals surface area contributed by atoms with Gasteiger partial charge in [0.1, 0.15) is 0 Å². The molecule has 0 radical (unpaired) electrons. The van der Waals surface area contributed by atoms with Crippen LogP contribution >= 0.6 is 11.6 Å². The van der Waals surface area contributed by atoms with Crippen molar-refractivity contribution in [3.8, 4) is 0 Å². The fraction of sp³-hybridized carbons (Fsp3) is 0.350. The Hall–Kier alpha value is -1.88. The topological polar surface area (TPSA) is 38.8 Å². The molecule has 0 aliphatic carbocycles. The highest BCUT2D eigenvalue weighted by atomic mass is 35.5. The third kappa shape index (κ3) is 3.43. The van der Waals surface area contributed by atoms with Gasteiger partial charge in [-0.3, -0.25) is 4.79 Å². The molecule has 1 amide bonds. The Balaban J connectivity index is 2.08. The molecule has 0 saturated heterocycles. The van der Waals surface area contributed by atoms with E-state index in [9.17, 15) is 4.79 Å². The van der Waals surface area contributed by atoms with Crippen molar-refractivity contribution < 1.29 is 14.6 Å². The van der Waals surface area contributed by atoms with Gasteiger partial charge in [-0.05, 0) is 44.5 Å². The molecule has 0 spiro atoms. The lowest BCUT2D eigenvalue weighted by atomic mass is 9.88. The molecule has 0 bridgehead atoms. The SMILES string of the molecule is CN1C(=O)C(Cc2cccc(Cl)c2)(OOC(C)(C)C)c2ccccc21. The molecule has 1 aliphatic rings. The van der Waals surface area contributed by atoms with Crippen LogP contribution in [0.5, 0.6) is 0 Å². The second-order valence-electron chi connectivity index (χ2n) is 7.29. The number of rotatable bonds is 4. The lowest BCUT2D eigenvalue weighted by Gasteiger charge is -2.30. The first-order chi connectivity index (χ1) is 11.7. The molecule has 25 heavy (non-hydrogen) atoms. The standard InChI is InChI=1S/C20H22ClNO3/c1-19(2,3)24-25-20(13-14-8-7-9-15(21)12-14)16-10-5-6-11-17(16)22(4)18(20)23/h5-12H,13H2,1-4H3. The van der Waals surface area contributed by atoms with Crippen LogP contribution in [0, 0.1) is 0 Å².